The summed E-state index contributed by atoms with van der Waals surface area (Å²) in [7, 11) is 0. The first-order valence-electron chi connectivity index (χ1n) is 12.1. The van der Waals surface area contributed by atoms with E-state index in [-0.39, 0.29) is 23.4 Å². The van der Waals surface area contributed by atoms with Gasteiger partial charge in [-0.1, -0.05) is 49.6 Å². The normalized spacial score (nSPS) is 12.3. The van der Waals surface area contributed by atoms with E-state index in [1.807, 2.05) is 32.1 Å². The van der Waals surface area contributed by atoms with Gasteiger partial charge in [0.05, 0.1) is 23.7 Å². The highest BCUT2D eigenvalue weighted by molar-refractivity contribution is 6.32. The zero-order valence-electron chi connectivity index (χ0n) is 21.5. The molecule has 0 saturated heterocycles. The SMILES string of the molecule is C=CC(=O)/C(=C\C=C/C)c1c(C(=O)O)n(Cc2cc(/C=C\C)c(C=C)cc2F)c2cc(C)c3ccoc3c12. The van der Waals surface area contributed by atoms with Gasteiger partial charge in [-0.2, -0.15) is 0 Å². The molecule has 2 aromatic heterocycles. The summed E-state index contributed by atoms with van der Waals surface area (Å²) in [6.07, 6.45) is 12.9. The summed E-state index contributed by atoms with van der Waals surface area (Å²) in [5.41, 5.74) is 3.71. The Labute approximate surface area is 220 Å². The highest BCUT2D eigenvalue weighted by Gasteiger charge is 2.30. The standard InChI is InChI=1S/C32H28FNO4/c1-6-10-12-24(27(35)9-4)28-29-26(15-19(5)23-13-14-38-31(23)29)34(30(28)32(36)37)18-22-16-21(11-7-2)20(8-3)17-25(22)33/h6-17H,3-4,18H2,1-2,5H3,(H,36,37)/b10-6-,11-7-,24-12+. The van der Waals surface area contributed by atoms with Gasteiger partial charge in [-0.3, -0.25) is 4.79 Å². The molecule has 0 amide bonds. The van der Waals surface area contributed by atoms with Gasteiger partial charge in [-0.05, 0) is 67.8 Å². The maximum Gasteiger partial charge on any atom is 0.353 e. The van der Waals surface area contributed by atoms with Crippen molar-refractivity contribution in [3.63, 3.8) is 0 Å². The molecular formula is C32H28FNO4. The maximum atomic E-state index is 15.3. The van der Waals surface area contributed by atoms with Crippen LogP contribution in [0.5, 0.6) is 0 Å². The second kappa shape index (κ2) is 10.7. The van der Waals surface area contributed by atoms with Crippen LogP contribution >= 0.6 is 0 Å². The lowest BCUT2D eigenvalue weighted by Gasteiger charge is -2.13. The average Bonchev–Trinajstić information content (AvgIpc) is 3.50. The van der Waals surface area contributed by atoms with Gasteiger partial charge in [-0.15, -0.1) is 0 Å². The lowest BCUT2D eigenvalue weighted by Crippen LogP contribution is -2.13. The molecule has 38 heavy (non-hydrogen) atoms. The largest absolute Gasteiger partial charge is 0.477 e. The molecule has 0 atom stereocenters. The van der Waals surface area contributed by atoms with Crippen molar-refractivity contribution in [2.75, 3.05) is 0 Å². The first-order valence-corrected chi connectivity index (χ1v) is 12.1. The number of aromatic carboxylic acids is 1. The van der Waals surface area contributed by atoms with Crippen molar-refractivity contribution in [1.29, 1.82) is 0 Å². The Morgan fingerprint density at radius 3 is 2.53 bits per heavy atom. The average molecular weight is 510 g/mol. The van der Waals surface area contributed by atoms with E-state index < -0.39 is 17.6 Å². The first kappa shape index (κ1) is 26.4. The second-order valence-electron chi connectivity index (χ2n) is 8.82. The molecule has 192 valence electrons. The molecule has 0 radical (unpaired) electrons. The van der Waals surface area contributed by atoms with Crippen LogP contribution in [0.2, 0.25) is 0 Å². The Morgan fingerprint density at radius 1 is 1.13 bits per heavy atom. The van der Waals surface area contributed by atoms with Gasteiger partial charge < -0.3 is 14.1 Å². The molecule has 0 aliphatic heterocycles. The van der Waals surface area contributed by atoms with Gasteiger partial charge in [-0.25, -0.2) is 9.18 Å². The fourth-order valence-electron chi connectivity index (χ4n) is 4.80. The number of carboxylic acid groups (broad SMARTS) is 1. The molecular weight excluding hydrogens is 481 g/mol. The third-order valence-corrected chi connectivity index (χ3v) is 6.50. The topological polar surface area (TPSA) is 72.4 Å². The summed E-state index contributed by atoms with van der Waals surface area (Å²) >= 11 is 0. The van der Waals surface area contributed by atoms with Crippen LogP contribution in [0.3, 0.4) is 0 Å². The van der Waals surface area contributed by atoms with Crippen LogP contribution in [-0.2, 0) is 11.3 Å². The number of fused-ring (bicyclic) bond motifs is 3. The minimum Gasteiger partial charge on any atom is -0.477 e. The smallest absolute Gasteiger partial charge is 0.353 e. The molecule has 6 heteroatoms. The minimum absolute atomic E-state index is 0.0865. The maximum absolute atomic E-state index is 15.3. The van der Waals surface area contributed by atoms with Gasteiger partial charge in [0.25, 0.3) is 0 Å². The Hall–Kier alpha value is -4.71. The van der Waals surface area contributed by atoms with Gasteiger partial charge in [0.1, 0.15) is 17.1 Å². The number of aromatic nitrogens is 1. The Balaban J connectivity index is 2.16. The molecule has 0 unspecified atom stereocenters. The van der Waals surface area contributed by atoms with E-state index in [0.29, 0.717) is 27.6 Å². The van der Waals surface area contributed by atoms with Crippen molar-refractivity contribution in [3.8, 4) is 0 Å². The van der Waals surface area contributed by atoms with Crippen LogP contribution in [0.4, 0.5) is 4.39 Å². The molecule has 2 aromatic carbocycles. The van der Waals surface area contributed by atoms with Crippen molar-refractivity contribution in [2.24, 2.45) is 0 Å². The number of carbonyl (C=O) groups excluding carboxylic acids is 1. The number of nitrogens with zero attached hydrogens (tertiary/aromatic N) is 1. The third-order valence-electron chi connectivity index (χ3n) is 6.50. The number of benzene rings is 2. The van der Waals surface area contributed by atoms with E-state index in [1.165, 1.54) is 16.9 Å². The summed E-state index contributed by atoms with van der Waals surface area (Å²) in [4.78, 5) is 25.9. The number of carboxylic acids is 1. The number of aryl methyl sites for hydroxylation is 1. The van der Waals surface area contributed by atoms with Gasteiger partial charge >= 0.3 is 5.97 Å². The molecule has 0 bridgehead atoms. The van der Waals surface area contributed by atoms with E-state index in [1.54, 1.807) is 43.4 Å². The van der Waals surface area contributed by atoms with E-state index in [0.717, 1.165) is 22.6 Å². The number of furan rings is 1. The molecule has 0 fully saturated rings. The number of hydrogen-bond donors (Lipinski definition) is 1. The van der Waals surface area contributed by atoms with Crippen LogP contribution in [0.15, 0.2) is 78.5 Å². The molecule has 4 rings (SSSR count). The fraction of sp³-hybridized carbons (Fsp3) is 0.125. The Kier molecular flexibility index (Phi) is 7.44. The van der Waals surface area contributed by atoms with E-state index in [9.17, 15) is 14.7 Å². The number of hydrogen-bond acceptors (Lipinski definition) is 3. The quantitative estimate of drug-likeness (QED) is 0.183. The zero-order valence-corrected chi connectivity index (χ0v) is 21.5. The highest BCUT2D eigenvalue weighted by Crippen LogP contribution is 2.40. The predicted octanol–water partition coefficient (Wildman–Crippen LogP) is 7.97. The predicted molar refractivity (Wildman–Crippen MR) is 152 cm³/mol. The summed E-state index contributed by atoms with van der Waals surface area (Å²) in [5, 5.41) is 11.7. The van der Waals surface area contributed by atoms with Gasteiger partial charge in [0.2, 0.25) is 0 Å². The van der Waals surface area contributed by atoms with E-state index >= 15 is 4.39 Å². The zero-order chi connectivity index (χ0) is 27.6. The second-order valence-corrected chi connectivity index (χ2v) is 8.82. The van der Waals surface area contributed by atoms with Gasteiger partial charge in [0.15, 0.2) is 5.78 Å². The third kappa shape index (κ3) is 4.45. The van der Waals surface area contributed by atoms with Crippen LogP contribution in [0, 0.1) is 12.7 Å². The highest BCUT2D eigenvalue weighted by atomic mass is 19.1. The van der Waals surface area contributed by atoms with E-state index in [4.69, 9.17) is 4.42 Å². The molecule has 0 aliphatic carbocycles. The van der Waals surface area contributed by atoms with Crippen molar-refractivity contribution < 1.29 is 23.5 Å². The number of halogens is 1. The lowest BCUT2D eigenvalue weighted by molar-refractivity contribution is -0.109. The van der Waals surface area contributed by atoms with Crippen molar-refractivity contribution in [3.05, 3.63) is 113 Å². The lowest BCUT2D eigenvalue weighted by atomic mass is 9.96. The van der Waals surface area contributed by atoms with Crippen molar-refractivity contribution in [2.45, 2.75) is 27.3 Å². The Bertz CT molecular complexity index is 1710. The Morgan fingerprint density at radius 2 is 1.89 bits per heavy atom. The number of ketones is 1. The summed E-state index contributed by atoms with van der Waals surface area (Å²) in [6, 6.07) is 6.72. The molecule has 0 aliphatic rings. The molecule has 4 aromatic rings. The number of rotatable bonds is 9. The molecule has 5 nitrogen and oxygen atoms in total. The molecule has 1 N–H and O–H groups in total. The summed E-state index contributed by atoms with van der Waals surface area (Å²) < 4.78 is 22.7. The molecule has 2 heterocycles. The molecule has 0 spiro atoms. The minimum atomic E-state index is -1.26. The van der Waals surface area contributed by atoms with Crippen LogP contribution in [-0.4, -0.2) is 21.4 Å². The van der Waals surface area contributed by atoms with Crippen LogP contribution in [0.1, 0.15) is 52.2 Å². The van der Waals surface area contributed by atoms with Crippen LogP contribution < -0.4 is 0 Å². The van der Waals surface area contributed by atoms with E-state index in [2.05, 4.69) is 13.2 Å². The fourth-order valence-corrected chi connectivity index (χ4v) is 4.80. The number of allylic oxidation sites excluding steroid dienone is 6. The monoisotopic (exact) mass is 509 g/mol. The van der Waals surface area contributed by atoms with Crippen molar-refractivity contribution >= 4 is 51.3 Å². The summed E-state index contributed by atoms with van der Waals surface area (Å²) in [6.45, 7) is 12.8. The van der Waals surface area contributed by atoms with Crippen molar-refractivity contribution in [1.82, 2.24) is 4.57 Å². The molecule has 0 saturated carbocycles. The van der Waals surface area contributed by atoms with Crippen LogP contribution in [0.25, 0.3) is 39.6 Å². The van der Waals surface area contributed by atoms with Gasteiger partial charge in [0, 0.05) is 22.1 Å². The summed E-state index contributed by atoms with van der Waals surface area (Å²) in [5.74, 6) is -2.19. The number of carbonyl (C=O) groups is 2. The first-order chi connectivity index (χ1) is 18.3.